The lowest BCUT2D eigenvalue weighted by molar-refractivity contribution is 0.460. The van der Waals surface area contributed by atoms with E-state index < -0.39 is 0 Å². The maximum atomic E-state index is 13.6. The Morgan fingerprint density at radius 3 is 2.28 bits per heavy atom. The zero-order valence-electron chi connectivity index (χ0n) is 17.2. The van der Waals surface area contributed by atoms with Crippen molar-refractivity contribution in [1.29, 1.82) is 0 Å². The molecule has 0 amide bonds. The molecule has 1 aromatic heterocycles. The van der Waals surface area contributed by atoms with Gasteiger partial charge in [-0.25, -0.2) is 4.39 Å². The topological polar surface area (TPSA) is 34.0 Å². The van der Waals surface area contributed by atoms with E-state index in [1.54, 1.807) is 34.9 Å². The molecule has 4 aromatic rings. The Kier molecular flexibility index (Phi) is 5.76. The third kappa shape index (κ3) is 3.83. The number of hydrogen-bond acceptors (Lipinski definition) is 2. The highest BCUT2D eigenvalue weighted by atomic mass is 35.5. The molecular formula is C26H21Cl2FN2O. The number of fused-ring (bicyclic) bond motifs is 1. The van der Waals surface area contributed by atoms with Crippen molar-refractivity contribution in [2.75, 3.05) is 13.1 Å². The SMILES string of the molecule is O=c1ccc2c(-c3ccc(F)cc3)cc(C3CCNCC3)cc2n1-c1c(Cl)cccc1Cl. The predicted molar refractivity (Wildman–Crippen MR) is 130 cm³/mol. The largest absolute Gasteiger partial charge is 0.317 e. The van der Waals surface area contributed by atoms with Gasteiger partial charge in [-0.3, -0.25) is 9.36 Å². The fourth-order valence-electron chi connectivity index (χ4n) is 4.56. The van der Waals surface area contributed by atoms with Crippen LogP contribution >= 0.6 is 23.2 Å². The van der Waals surface area contributed by atoms with Crippen molar-refractivity contribution in [3.8, 4) is 16.8 Å². The molecule has 0 unspecified atom stereocenters. The van der Waals surface area contributed by atoms with Gasteiger partial charge in [-0.2, -0.15) is 0 Å². The summed E-state index contributed by atoms with van der Waals surface area (Å²) < 4.78 is 15.2. The number of hydrogen-bond donors (Lipinski definition) is 1. The Balaban J connectivity index is 1.85. The number of benzene rings is 3. The molecular weight excluding hydrogens is 446 g/mol. The molecule has 32 heavy (non-hydrogen) atoms. The van der Waals surface area contributed by atoms with Crippen LogP contribution in [-0.2, 0) is 0 Å². The quantitative estimate of drug-likeness (QED) is 0.370. The van der Waals surface area contributed by atoms with Crippen molar-refractivity contribution < 1.29 is 4.39 Å². The van der Waals surface area contributed by atoms with E-state index in [1.165, 1.54) is 18.2 Å². The smallest absolute Gasteiger partial charge is 0.255 e. The molecule has 0 spiro atoms. The summed E-state index contributed by atoms with van der Waals surface area (Å²) in [4.78, 5) is 13.1. The average molecular weight is 467 g/mol. The number of piperidine rings is 1. The van der Waals surface area contributed by atoms with Crippen molar-refractivity contribution >= 4 is 34.1 Å². The summed E-state index contributed by atoms with van der Waals surface area (Å²) in [5.41, 5.74) is 4.00. The highest BCUT2D eigenvalue weighted by molar-refractivity contribution is 6.37. The number of nitrogens with zero attached hydrogens (tertiary/aromatic N) is 1. The number of aromatic nitrogens is 1. The van der Waals surface area contributed by atoms with E-state index in [9.17, 15) is 9.18 Å². The van der Waals surface area contributed by atoms with Crippen LogP contribution in [0.2, 0.25) is 10.0 Å². The van der Waals surface area contributed by atoms with Gasteiger partial charge in [-0.1, -0.05) is 47.5 Å². The van der Waals surface area contributed by atoms with Crippen molar-refractivity contribution in [2.24, 2.45) is 0 Å². The van der Waals surface area contributed by atoms with E-state index in [2.05, 4.69) is 17.4 Å². The molecule has 162 valence electrons. The Labute approximate surface area is 195 Å². The first-order valence-electron chi connectivity index (χ1n) is 10.6. The second-order valence-electron chi connectivity index (χ2n) is 8.11. The van der Waals surface area contributed by atoms with Crippen LogP contribution in [0.15, 0.2) is 71.5 Å². The fraction of sp³-hybridized carbons (Fsp3) is 0.192. The molecule has 1 aliphatic rings. The van der Waals surface area contributed by atoms with E-state index in [0.29, 0.717) is 21.7 Å². The molecule has 1 N–H and O–H groups in total. The van der Waals surface area contributed by atoms with Gasteiger partial charge in [-0.15, -0.1) is 0 Å². The van der Waals surface area contributed by atoms with Gasteiger partial charge in [0, 0.05) is 11.5 Å². The Morgan fingerprint density at radius 2 is 1.59 bits per heavy atom. The molecule has 0 saturated carbocycles. The number of rotatable bonds is 3. The molecule has 3 aromatic carbocycles. The van der Waals surface area contributed by atoms with Gasteiger partial charge in [-0.05, 0) is 84.9 Å². The van der Waals surface area contributed by atoms with Crippen molar-refractivity contribution in [2.45, 2.75) is 18.8 Å². The second-order valence-corrected chi connectivity index (χ2v) is 8.92. The molecule has 1 aliphatic heterocycles. The van der Waals surface area contributed by atoms with E-state index in [-0.39, 0.29) is 11.4 Å². The Morgan fingerprint density at radius 1 is 0.906 bits per heavy atom. The van der Waals surface area contributed by atoms with Gasteiger partial charge in [0.15, 0.2) is 0 Å². The lowest BCUT2D eigenvalue weighted by Gasteiger charge is -2.25. The fourth-order valence-corrected chi connectivity index (χ4v) is 5.13. The summed E-state index contributed by atoms with van der Waals surface area (Å²) >= 11 is 13.0. The molecule has 3 nitrogen and oxygen atoms in total. The molecule has 1 fully saturated rings. The van der Waals surface area contributed by atoms with Gasteiger partial charge in [0.1, 0.15) is 5.82 Å². The minimum atomic E-state index is -0.285. The van der Waals surface area contributed by atoms with E-state index in [1.807, 2.05) is 6.07 Å². The summed E-state index contributed by atoms with van der Waals surface area (Å²) in [6.45, 7) is 1.90. The standard InChI is InChI=1S/C26H21Cl2FN2O/c27-22-2-1-3-23(28)26(22)31-24-15-18(16-10-12-30-13-11-16)14-21(20(24)8-9-25(31)32)17-4-6-19(29)7-5-17/h1-9,14-16,30H,10-13H2. The van der Waals surface area contributed by atoms with Gasteiger partial charge in [0.05, 0.1) is 21.2 Å². The lowest BCUT2D eigenvalue weighted by Crippen LogP contribution is -2.26. The maximum Gasteiger partial charge on any atom is 0.255 e. The molecule has 1 saturated heterocycles. The van der Waals surface area contributed by atoms with Crippen LogP contribution in [0, 0.1) is 5.82 Å². The van der Waals surface area contributed by atoms with Crippen LogP contribution < -0.4 is 10.9 Å². The first kappa shape index (κ1) is 21.2. The predicted octanol–water partition coefficient (Wildman–Crippen LogP) is 6.57. The van der Waals surface area contributed by atoms with Crippen molar-refractivity contribution in [1.82, 2.24) is 9.88 Å². The van der Waals surface area contributed by atoms with Crippen molar-refractivity contribution in [3.63, 3.8) is 0 Å². The van der Waals surface area contributed by atoms with Crippen LogP contribution in [-0.4, -0.2) is 17.7 Å². The number of para-hydroxylation sites is 1. The van der Waals surface area contributed by atoms with Crippen molar-refractivity contribution in [3.05, 3.63) is 98.5 Å². The zero-order valence-corrected chi connectivity index (χ0v) is 18.8. The Bertz CT molecular complexity index is 1340. The zero-order chi connectivity index (χ0) is 22.2. The average Bonchev–Trinajstić information content (AvgIpc) is 2.80. The molecule has 0 bridgehead atoms. The molecule has 6 heteroatoms. The van der Waals surface area contributed by atoms with Crippen LogP contribution in [0.4, 0.5) is 4.39 Å². The number of halogens is 3. The number of nitrogens with one attached hydrogen (secondary N) is 1. The summed E-state index contributed by atoms with van der Waals surface area (Å²) in [5.74, 6) is 0.0812. The highest BCUT2D eigenvalue weighted by Crippen LogP contribution is 2.37. The van der Waals surface area contributed by atoms with Gasteiger partial charge < -0.3 is 5.32 Å². The third-order valence-corrected chi connectivity index (χ3v) is 6.77. The summed E-state index contributed by atoms with van der Waals surface area (Å²) in [6.07, 6.45) is 2.02. The summed E-state index contributed by atoms with van der Waals surface area (Å²) in [5, 5.41) is 5.09. The molecule has 0 radical (unpaired) electrons. The van der Waals surface area contributed by atoms with Crippen LogP contribution in [0.1, 0.15) is 24.3 Å². The summed E-state index contributed by atoms with van der Waals surface area (Å²) in [7, 11) is 0. The Hall–Kier alpha value is -2.66. The first-order chi connectivity index (χ1) is 15.5. The van der Waals surface area contributed by atoms with E-state index in [0.717, 1.165) is 53.5 Å². The maximum absolute atomic E-state index is 13.6. The molecule has 0 atom stereocenters. The molecule has 2 heterocycles. The molecule has 0 aliphatic carbocycles. The summed E-state index contributed by atoms with van der Waals surface area (Å²) in [6, 6.07) is 19.3. The van der Waals surface area contributed by atoms with Gasteiger partial charge in [0.25, 0.3) is 5.56 Å². The first-order valence-corrected chi connectivity index (χ1v) is 11.4. The monoisotopic (exact) mass is 466 g/mol. The third-order valence-electron chi connectivity index (χ3n) is 6.16. The van der Waals surface area contributed by atoms with Gasteiger partial charge >= 0.3 is 0 Å². The highest BCUT2D eigenvalue weighted by Gasteiger charge is 2.20. The minimum Gasteiger partial charge on any atom is -0.317 e. The molecule has 5 rings (SSSR count). The van der Waals surface area contributed by atoms with Crippen LogP contribution in [0.25, 0.3) is 27.7 Å². The van der Waals surface area contributed by atoms with Crippen LogP contribution in [0.3, 0.4) is 0 Å². The van der Waals surface area contributed by atoms with Crippen LogP contribution in [0.5, 0.6) is 0 Å². The van der Waals surface area contributed by atoms with E-state index >= 15 is 0 Å². The second kappa shape index (κ2) is 8.70. The number of pyridine rings is 1. The minimum absolute atomic E-state index is 0.208. The van der Waals surface area contributed by atoms with Gasteiger partial charge in [0.2, 0.25) is 0 Å². The normalized spacial score (nSPS) is 14.7. The van der Waals surface area contributed by atoms with E-state index in [4.69, 9.17) is 23.2 Å². The lowest BCUT2D eigenvalue weighted by atomic mass is 9.87.